The summed E-state index contributed by atoms with van der Waals surface area (Å²) in [6.07, 6.45) is 0.933. The van der Waals surface area contributed by atoms with Gasteiger partial charge in [-0.15, -0.1) is 0 Å². The highest BCUT2D eigenvalue weighted by molar-refractivity contribution is 7.80. The Morgan fingerprint density at radius 1 is 1.27 bits per heavy atom. The van der Waals surface area contributed by atoms with Gasteiger partial charge in [-0.2, -0.15) is 0 Å². The van der Waals surface area contributed by atoms with Crippen molar-refractivity contribution in [3.63, 3.8) is 0 Å². The van der Waals surface area contributed by atoms with E-state index in [-0.39, 0.29) is 11.9 Å². The lowest BCUT2D eigenvalue weighted by molar-refractivity contribution is -0.121. The van der Waals surface area contributed by atoms with E-state index in [1.54, 1.807) is 4.90 Å². The largest absolute Gasteiger partial charge is 0.336 e. The van der Waals surface area contributed by atoms with E-state index in [1.165, 1.54) is 0 Å². The van der Waals surface area contributed by atoms with E-state index in [0.29, 0.717) is 5.11 Å². The minimum absolute atomic E-state index is 0.0118. The summed E-state index contributed by atoms with van der Waals surface area (Å²) in [7, 11) is 0. The van der Waals surface area contributed by atoms with E-state index < -0.39 is 0 Å². The van der Waals surface area contributed by atoms with Crippen molar-refractivity contribution in [3.8, 4) is 0 Å². The molecular formula is C11H10N2OS. The van der Waals surface area contributed by atoms with Crippen molar-refractivity contribution in [3.05, 3.63) is 30.3 Å². The van der Waals surface area contributed by atoms with Gasteiger partial charge in [-0.25, -0.2) is 0 Å². The lowest BCUT2D eigenvalue weighted by atomic mass is 10.1. The van der Waals surface area contributed by atoms with Gasteiger partial charge in [0.1, 0.15) is 6.04 Å². The topological polar surface area (TPSA) is 23.6 Å². The summed E-state index contributed by atoms with van der Waals surface area (Å²) < 4.78 is 0. The first-order valence-corrected chi connectivity index (χ1v) is 5.39. The van der Waals surface area contributed by atoms with Gasteiger partial charge in [0.2, 0.25) is 0 Å². The van der Waals surface area contributed by atoms with Gasteiger partial charge in [-0.1, -0.05) is 18.2 Å². The standard InChI is InChI=1S/C11H10N2OS/c14-10-9-6-7-12(9)11(15)13(10)8-4-2-1-3-5-8/h1-5,9H,6-7H2. The van der Waals surface area contributed by atoms with Crippen LogP contribution in [0.4, 0.5) is 5.69 Å². The predicted molar refractivity (Wildman–Crippen MR) is 61.6 cm³/mol. The van der Waals surface area contributed by atoms with Gasteiger partial charge in [-0.05, 0) is 30.8 Å². The van der Waals surface area contributed by atoms with Gasteiger partial charge in [0.05, 0.1) is 5.69 Å². The van der Waals surface area contributed by atoms with Gasteiger partial charge in [-0.3, -0.25) is 9.69 Å². The van der Waals surface area contributed by atoms with Crippen LogP contribution in [0.15, 0.2) is 30.3 Å². The second-order valence-corrected chi connectivity index (χ2v) is 4.15. The number of benzene rings is 1. The molecule has 4 heteroatoms. The van der Waals surface area contributed by atoms with Gasteiger partial charge in [0, 0.05) is 6.54 Å². The molecule has 2 aliphatic rings. The highest BCUT2D eigenvalue weighted by Crippen LogP contribution is 2.32. The average molecular weight is 218 g/mol. The molecular weight excluding hydrogens is 208 g/mol. The molecule has 0 bridgehead atoms. The van der Waals surface area contributed by atoms with Crippen LogP contribution in [0.25, 0.3) is 0 Å². The van der Waals surface area contributed by atoms with Crippen LogP contribution in [0.2, 0.25) is 0 Å². The third-order valence-corrected chi connectivity index (χ3v) is 3.39. The van der Waals surface area contributed by atoms with Gasteiger partial charge in [0.15, 0.2) is 5.11 Å². The Hall–Kier alpha value is -1.42. The summed E-state index contributed by atoms with van der Waals surface area (Å²) in [4.78, 5) is 15.6. The molecule has 0 N–H and O–H groups in total. The zero-order valence-corrected chi connectivity index (χ0v) is 8.91. The number of fused-ring (bicyclic) bond motifs is 1. The number of hydrogen-bond donors (Lipinski definition) is 0. The van der Waals surface area contributed by atoms with E-state index in [1.807, 2.05) is 35.2 Å². The average Bonchev–Trinajstić information content (AvgIpc) is 2.33. The summed E-state index contributed by atoms with van der Waals surface area (Å²) in [5, 5.41) is 0.655. The number of nitrogens with zero attached hydrogens (tertiary/aromatic N) is 2. The van der Waals surface area contributed by atoms with Crippen LogP contribution in [0.3, 0.4) is 0 Å². The highest BCUT2D eigenvalue weighted by Gasteiger charge is 2.48. The Morgan fingerprint density at radius 3 is 2.47 bits per heavy atom. The first kappa shape index (κ1) is 8.85. The normalized spacial score (nSPS) is 24.1. The Balaban J connectivity index is 2.00. The van der Waals surface area contributed by atoms with Crippen LogP contribution in [0.5, 0.6) is 0 Å². The summed E-state index contributed by atoms with van der Waals surface area (Å²) >= 11 is 5.28. The Morgan fingerprint density at radius 2 is 2.00 bits per heavy atom. The number of thiocarbonyl (C=S) groups is 1. The maximum Gasteiger partial charge on any atom is 0.256 e. The minimum Gasteiger partial charge on any atom is -0.336 e. The molecule has 1 aromatic rings. The lowest BCUT2D eigenvalue weighted by Gasteiger charge is -2.32. The Labute approximate surface area is 93.3 Å². The highest BCUT2D eigenvalue weighted by atomic mass is 32.1. The van der Waals surface area contributed by atoms with E-state index in [2.05, 4.69) is 0 Å². The van der Waals surface area contributed by atoms with Crippen molar-refractivity contribution in [1.29, 1.82) is 0 Å². The lowest BCUT2D eigenvalue weighted by Crippen LogP contribution is -2.46. The van der Waals surface area contributed by atoms with Crippen LogP contribution >= 0.6 is 12.2 Å². The summed E-state index contributed by atoms with van der Waals surface area (Å²) in [5.41, 5.74) is 0.877. The van der Waals surface area contributed by atoms with Crippen LogP contribution in [0.1, 0.15) is 6.42 Å². The van der Waals surface area contributed by atoms with E-state index in [0.717, 1.165) is 18.7 Å². The second kappa shape index (κ2) is 3.03. The molecule has 3 rings (SSSR count). The fourth-order valence-corrected chi connectivity index (χ4v) is 2.47. The summed E-state index contributed by atoms with van der Waals surface area (Å²) in [5.74, 6) is 0.123. The molecule has 2 heterocycles. The Kier molecular flexibility index (Phi) is 1.79. The maximum absolute atomic E-state index is 12.0. The SMILES string of the molecule is O=C1C2CCN2C(=S)N1c1ccccc1. The number of amides is 1. The molecule has 2 saturated heterocycles. The number of para-hydroxylation sites is 1. The van der Waals surface area contributed by atoms with Crippen molar-refractivity contribution < 1.29 is 4.79 Å². The number of carbonyl (C=O) groups is 1. The summed E-state index contributed by atoms with van der Waals surface area (Å²) in [6, 6.07) is 9.60. The molecule has 1 aromatic carbocycles. The molecule has 3 nitrogen and oxygen atoms in total. The first-order chi connectivity index (χ1) is 7.29. The molecule has 0 radical (unpaired) electrons. The number of rotatable bonds is 1. The van der Waals surface area contributed by atoms with Crippen molar-refractivity contribution >= 4 is 28.9 Å². The molecule has 2 aliphatic heterocycles. The zero-order chi connectivity index (χ0) is 10.4. The molecule has 0 aromatic heterocycles. The van der Waals surface area contributed by atoms with Crippen LogP contribution in [0, 0.1) is 0 Å². The molecule has 1 amide bonds. The molecule has 1 atom stereocenters. The number of carbonyl (C=O) groups excluding carboxylic acids is 1. The second-order valence-electron chi connectivity index (χ2n) is 3.79. The smallest absolute Gasteiger partial charge is 0.256 e. The van der Waals surface area contributed by atoms with E-state index >= 15 is 0 Å². The van der Waals surface area contributed by atoms with Crippen molar-refractivity contribution in [2.24, 2.45) is 0 Å². The van der Waals surface area contributed by atoms with Crippen molar-refractivity contribution in [1.82, 2.24) is 4.90 Å². The van der Waals surface area contributed by atoms with Gasteiger partial charge >= 0.3 is 0 Å². The van der Waals surface area contributed by atoms with Gasteiger partial charge in [0.25, 0.3) is 5.91 Å². The first-order valence-electron chi connectivity index (χ1n) is 4.98. The Bertz CT molecular complexity index is 409. The van der Waals surface area contributed by atoms with E-state index in [9.17, 15) is 4.79 Å². The molecule has 0 saturated carbocycles. The number of hydrogen-bond acceptors (Lipinski definition) is 2. The molecule has 15 heavy (non-hydrogen) atoms. The van der Waals surface area contributed by atoms with Crippen LogP contribution < -0.4 is 4.90 Å². The van der Waals surface area contributed by atoms with E-state index in [4.69, 9.17) is 12.2 Å². The fraction of sp³-hybridized carbons (Fsp3) is 0.273. The molecule has 1 unspecified atom stereocenters. The monoisotopic (exact) mass is 218 g/mol. The van der Waals surface area contributed by atoms with Crippen LogP contribution in [-0.4, -0.2) is 28.5 Å². The van der Waals surface area contributed by atoms with Gasteiger partial charge < -0.3 is 4.90 Å². The third-order valence-electron chi connectivity index (χ3n) is 2.98. The third kappa shape index (κ3) is 1.11. The molecule has 76 valence electrons. The number of anilines is 1. The molecule has 0 spiro atoms. The molecule has 0 aliphatic carbocycles. The van der Waals surface area contributed by atoms with Crippen molar-refractivity contribution in [2.45, 2.75) is 12.5 Å². The minimum atomic E-state index is 0.0118. The van der Waals surface area contributed by atoms with Crippen LogP contribution in [-0.2, 0) is 4.79 Å². The zero-order valence-electron chi connectivity index (χ0n) is 8.09. The quantitative estimate of drug-likeness (QED) is 0.666. The van der Waals surface area contributed by atoms with Crippen molar-refractivity contribution in [2.75, 3.05) is 11.4 Å². The summed E-state index contributed by atoms with van der Waals surface area (Å²) in [6.45, 7) is 0.915. The molecule has 2 fully saturated rings. The predicted octanol–water partition coefficient (Wildman–Crippen LogP) is 1.39. The fourth-order valence-electron chi connectivity index (χ4n) is 2.06. The maximum atomic E-state index is 12.0.